The van der Waals surface area contributed by atoms with E-state index in [0.29, 0.717) is 17.5 Å². The first-order valence-corrected chi connectivity index (χ1v) is 13.9. The zero-order valence-corrected chi connectivity index (χ0v) is 23.0. The summed E-state index contributed by atoms with van der Waals surface area (Å²) in [6.45, 7) is 0. The van der Waals surface area contributed by atoms with Gasteiger partial charge in [-0.2, -0.15) is 5.26 Å². The minimum atomic E-state index is -3.01. The molecule has 214 valence electrons. The van der Waals surface area contributed by atoms with Crippen molar-refractivity contribution in [3.63, 3.8) is 0 Å². The van der Waals surface area contributed by atoms with Crippen molar-refractivity contribution in [3.8, 4) is 6.07 Å². The van der Waals surface area contributed by atoms with Crippen LogP contribution in [-0.4, -0.2) is 34.5 Å². The zero-order chi connectivity index (χ0) is 29.8. The van der Waals surface area contributed by atoms with Gasteiger partial charge in [-0.15, -0.1) is 0 Å². The zero-order valence-electron chi connectivity index (χ0n) is 22.2. The second-order valence-corrected chi connectivity index (χ2v) is 11.4. The lowest BCUT2D eigenvalue weighted by molar-refractivity contribution is -0.154. The van der Waals surface area contributed by atoms with Crippen molar-refractivity contribution in [2.24, 2.45) is 5.92 Å². The normalized spacial score (nSPS) is 22.8. The number of ketones is 1. The smallest absolute Gasteiger partial charge is 0.251 e. The van der Waals surface area contributed by atoms with Gasteiger partial charge in [-0.3, -0.25) is 24.2 Å². The second-order valence-electron chi connectivity index (χ2n) is 10.9. The Morgan fingerprint density at radius 2 is 1.86 bits per heavy atom. The van der Waals surface area contributed by atoms with Crippen molar-refractivity contribution >= 4 is 40.7 Å². The van der Waals surface area contributed by atoms with E-state index in [1.165, 1.54) is 46.3 Å². The number of hydrogen-bond acceptors (Lipinski definition) is 5. The summed E-state index contributed by atoms with van der Waals surface area (Å²) in [6.07, 6.45) is 0.415. The lowest BCUT2D eigenvalue weighted by atomic mass is 9.69. The molecule has 0 bridgehead atoms. The van der Waals surface area contributed by atoms with Crippen LogP contribution >= 0.6 is 11.6 Å². The number of benzene rings is 2. The Bertz CT molecular complexity index is 1670. The number of nitrogens with zero attached hydrogens (tertiary/aromatic N) is 4. The third-order valence-electron chi connectivity index (χ3n) is 8.43. The summed E-state index contributed by atoms with van der Waals surface area (Å²) in [5, 5.41) is 9.57. The molecule has 3 aliphatic rings. The summed E-state index contributed by atoms with van der Waals surface area (Å²) in [5.41, 5.74) is -0.560. The maximum Gasteiger partial charge on any atom is 0.251 e. The number of rotatable bonds is 6. The maximum atomic E-state index is 14.8. The number of pyridine rings is 1. The summed E-state index contributed by atoms with van der Waals surface area (Å²) in [7, 11) is 0. The standard InChI is InChI=1S/C31H24ClF3N4O3/c32-23-6-1-3-19-9-11-31(27(19)23,28(41)20-15-30(34,35)16-20)39(22-5-2-4-21(33)14-22)29(42)24-7-8-26(40)38(24)25-13-18(17-36)10-12-37-25/h1-6,10,12-14,20,24H,7-9,11,15-16H2/t24-,31-/m0/s1. The number of Topliss-reactive ketones (excluding diaryl/α,β-unsaturated/α-hetero) is 1. The largest absolute Gasteiger partial charge is 0.296 e. The van der Waals surface area contributed by atoms with Gasteiger partial charge in [-0.1, -0.05) is 29.8 Å². The highest BCUT2D eigenvalue weighted by molar-refractivity contribution is 6.32. The minimum Gasteiger partial charge on any atom is -0.296 e. The molecule has 3 aromatic rings. The third-order valence-corrected chi connectivity index (χ3v) is 8.74. The van der Waals surface area contributed by atoms with Gasteiger partial charge in [0, 0.05) is 47.7 Å². The Labute approximate surface area is 244 Å². The van der Waals surface area contributed by atoms with Gasteiger partial charge < -0.3 is 0 Å². The molecule has 2 aliphatic carbocycles. The van der Waals surface area contributed by atoms with E-state index >= 15 is 0 Å². The molecule has 0 unspecified atom stereocenters. The number of anilines is 2. The predicted octanol–water partition coefficient (Wildman–Crippen LogP) is 5.73. The van der Waals surface area contributed by atoms with E-state index in [1.54, 1.807) is 18.2 Å². The first-order chi connectivity index (χ1) is 20.1. The van der Waals surface area contributed by atoms with Crippen LogP contribution in [-0.2, 0) is 26.3 Å². The van der Waals surface area contributed by atoms with Gasteiger partial charge in [-0.25, -0.2) is 18.2 Å². The van der Waals surface area contributed by atoms with Crippen LogP contribution in [0.2, 0.25) is 5.02 Å². The van der Waals surface area contributed by atoms with Crippen LogP contribution in [0.1, 0.15) is 48.8 Å². The van der Waals surface area contributed by atoms with Crippen LogP contribution in [0.25, 0.3) is 0 Å². The Hall–Kier alpha value is -4.23. The minimum absolute atomic E-state index is 0.0149. The van der Waals surface area contributed by atoms with E-state index in [9.17, 15) is 32.8 Å². The quantitative estimate of drug-likeness (QED) is 0.364. The molecule has 1 saturated carbocycles. The highest BCUT2D eigenvalue weighted by Gasteiger charge is 2.61. The van der Waals surface area contributed by atoms with E-state index in [1.807, 2.05) is 6.07 Å². The van der Waals surface area contributed by atoms with Gasteiger partial charge >= 0.3 is 0 Å². The second kappa shape index (κ2) is 10.2. The van der Waals surface area contributed by atoms with Gasteiger partial charge in [0.15, 0.2) is 5.78 Å². The molecule has 1 aromatic heterocycles. The molecule has 11 heteroatoms. The fraction of sp³-hybridized carbons (Fsp3) is 0.323. The highest BCUT2D eigenvalue weighted by Crippen LogP contribution is 2.54. The predicted molar refractivity (Wildman–Crippen MR) is 147 cm³/mol. The molecule has 0 radical (unpaired) electrons. The molecule has 0 N–H and O–H groups in total. The van der Waals surface area contributed by atoms with Crippen molar-refractivity contribution < 1.29 is 27.6 Å². The number of carbonyl (C=O) groups is 3. The van der Waals surface area contributed by atoms with Crippen LogP contribution in [0, 0.1) is 23.1 Å². The first-order valence-electron chi connectivity index (χ1n) is 13.5. The number of aryl methyl sites for hydroxylation is 1. The molecule has 1 saturated heterocycles. The lowest BCUT2D eigenvalue weighted by Gasteiger charge is -2.47. The Kier molecular flexibility index (Phi) is 6.81. The molecule has 2 aromatic carbocycles. The van der Waals surface area contributed by atoms with Crippen molar-refractivity contribution in [1.29, 1.82) is 5.26 Å². The monoisotopic (exact) mass is 592 g/mol. The third kappa shape index (κ3) is 4.43. The van der Waals surface area contributed by atoms with E-state index in [4.69, 9.17) is 11.6 Å². The molecule has 7 nitrogen and oxygen atoms in total. The molecule has 2 atom stereocenters. The number of aromatic nitrogens is 1. The SMILES string of the molecule is N#Cc1ccnc(N2C(=O)CC[C@H]2C(=O)N(c2cccc(F)c2)[C@@]2(C(=O)C3CC(F)(F)C3)CCc3cccc(Cl)c32)c1. The highest BCUT2D eigenvalue weighted by atomic mass is 35.5. The van der Waals surface area contributed by atoms with Gasteiger partial charge in [0.1, 0.15) is 23.2 Å². The summed E-state index contributed by atoms with van der Waals surface area (Å²) >= 11 is 6.71. The molecule has 2 fully saturated rings. The van der Waals surface area contributed by atoms with Crippen molar-refractivity contribution in [1.82, 2.24) is 4.98 Å². The fourth-order valence-corrected chi connectivity index (χ4v) is 6.92. The number of alkyl halides is 2. The lowest BCUT2D eigenvalue weighted by Crippen LogP contribution is -2.61. The summed E-state index contributed by atoms with van der Waals surface area (Å²) in [5.74, 6) is -6.38. The fourth-order valence-electron chi connectivity index (χ4n) is 6.57. The van der Waals surface area contributed by atoms with Gasteiger partial charge in [0.05, 0.1) is 11.6 Å². The maximum absolute atomic E-state index is 14.8. The molecule has 2 heterocycles. The Balaban J connectivity index is 1.54. The number of nitriles is 1. The van der Waals surface area contributed by atoms with E-state index in [0.717, 1.165) is 6.07 Å². The molecule has 42 heavy (non-hydrogen) atoms. The first kappa shape index (κ1) is 27.9. The molecule has 2 amide bonds. The number of halogens is 4. The molecule has 6 rings (SSSR count). The van der Waals surface area contributed by atoms with E-state index in [-0.39, 0.29) is 41.4 Å². The number of fused-ring (bicyclic) bond motifs is 1. The van der Waals surface area contributed by atoms with Crippen molar-refractivity contribution in [3.05, 3.63) is 88.3 Å². The molecule has 1 aliphatic heterocycles. The summed E-state index contributed by atoms with van der Waals surface area (Å²) in [4.78, 5) is 49.0. The van der Waals surface area contributed by atoms with Gasteiger partial charge in [0.2, 0.25) is 11.8 Å². The van der Waals surface area contributed by atoms with E-state index in [2.05, 4.69) is 4.98 Å². The molecular weight excluding hydrogens is 569 g/mol. The van der Waals surface area contributed by atoms with Gasteiger partial charge in [-0.05, 0) is 61.2 Å². The molecular formula is C31H24ClF3N4O3. The van der Waals surface area contributed by atoms with Crippen molar-refractivity contribution in [2.45, 2.75) is 56.0 Å². The number of amides is 2. The topological polar surface area (TPSA) is 94.4 Å². The summed E-state index contributed by atoms with van der Waals surface area (Å²) in [6, 6.07) is 13.8. The van der Waals surface area contributed by atoms with Crippen molar-refractivity contribution in [2.75, 3.05) is 9.80 Å². The average Bonchev–Trinajstić information content (AvgIpc) is 3.54. The Morgan fingerprint density at radius 3 is 2.57 bits per heavy atom. The van der Waals surface area contributed by atoms with Crippen LogP contribution in [0.15, 0.2) is 60.8 Å². The van der Waals surface area contributed by atoms with E-state index < -0.39 is 59.7 Å². The number of carbonyl (C=O) groups excluding carboxylic acids is 3. The van der Waals surface area contributed by atoms with Crippen LogP contribution in [0.5, 0.6) is 0 Å². The molecule has 0 spiro atoms. The van der Waals surface area contributed by atoms with Crippen LogP contribution in [0.4, 0.5) is 24.7 Å². The van der Waals surface area contributed by atoms with Gasteiger partial charge in [0.25, 0.3) is 5.91 Å². The average molecular weight is 593 g/mol. The Morgan fingerprint density at radius 1 is 1.10 bits per heavy atom. The van der Waals surface area contributed by atoms with Crippen LogP contribution in [0.3, 0.4) is 0 Å². The summed E-state index contributed by atoms with van der Waals surface area (Å²) < 4.78 is 42.9. The van der Waals surface area contributed by atoms with Crippen LogP contribution < -0.4 is 9.80 Å². The number of hydrogen-bond donors (Lipinski definition) is 0.